The predicted octanol–water partition coefficient (Wildman–Crippen LogP) is 2.27. The van der Waals surface area contributed by atoms with Crippen LogP contribution in [0.5, 0.6) is 0 Å². The van der Waals surface area contributed by atoms with Gasteiger partial charge < -0.3 is 4.90 Å². The van der Waals surface area contributed by atoms with Crippen molar-refractivity contribution >= 4 is 17.2 Å². The maximum absolute atomic E-state index is 6.09. The Hall–Kier alpha value is -1.13. The molecule has 0 aromatic carbocycles. The minimum atomic E-state index is 0.620. The second kappa shape index (κ2) is 4.86. The van der Waals surface area contributed by atoms with Gasteiger partial charge in [0.25, 0.3) is 0 Å². The molecule has 0 unspecified atom stereocenters. The van der Waals surface area contributed by atoms with Gasteiger partial charge in [0.15, 0.2) is 11.5 Å². The highest BCUT2D eigenvalue weighted by Crippen LogP contribution is 2.20. The third-order valence-electron chi connectivity index (χ3n) is 3.67. The fourth-order valence-electron chi connectivity index (χ4n) is 2.53. The van der Waals surface area contributed by atoms with Crippen LogP contribution >= 0.6 is 11.6 Å². The first-order valence-corrected chi connectivity index (χ1v) is 6.79. The van der Waals surface area contributed by atoms with Gasteiger partial charge in [-0.3, -0.25) is 0 Å². The summed E-state index contributed by atoms with van der Waals surface area (Å²) in [5, 5.41) is 5.11. The molecule has 1 saturated heterocycles. The molecule has 1 fully saturated rings. The molecule has 4 nitrogen and oxygen atoms in total. The molecule has 2 aromatic heterocycles. The van der Waals surface area contributed by atoms with E-state index in [-0.39, 0.29) is 0 Å². The molecule has 3 heterocycles. The van der Waals surface area contributed by atoms with Crippen molar-refractivity contribution in [2.24, 2.45) is 5.92 Å². The van der Waals surface area contributed by atoms with Crippen molar-refractivity contribution in [3.05, 3.63) is 29.2 Å². The van der Waals surface area contributed by atoms with E-state index in [4.69, 9.17) is 11.6 Å². The van der Waals surface area contributed by atoms with Crippen LogP contribution in [0.3, 0.4) is 0 Å². The van der Waals surface area contributed by atoms with E-state index >= 15 is 0 Å². The molecule has 0 N–H and O–H groups in total. The number of hydrogen-bond acceptors (Lipinski definition) is 3. The lowest BCUT2D eigenvalue weighted by molar-refractivity contribution is 0.217. The zero-order chi connectivity index (χ0) is 12.5. The lowest BCUT2D eigenvalue weighted by Gasteiger charge is -2.28. The average Bonchev–Trinajstić information content (AvgIpc) is 2.76. The molecule has 0 amide bonds. The molecular weight excluding hydrogens is 248 g/mol. The molecular formula is C13H17ClN4. The lowest BCUT2D eigenvalue weighted by Crippen LogP contribution is -2.31. The number of likely N-dealkylation sites (tertiary alicyclic amines) is 1. The molecule has 5 heteroatoms. The molecule has 3 rings (SSSR count). The molecule has 1 aliphatic rings. The van der Waals surface area contributed by atoms with E-state index < -0.39 is 0 Å². The van der Waals surface area contributed by atoms with Crippen LogP contribution in [-0.2, 0) is 6.42 Å². The van der Waals surface area contributed by atoms with Crippen molar-refractivity contribution in [3.63, 3.8) is 0 Å². The molecule has 96 valence electrons. The third kappa shape index (κ3) is 2.35. The van der Waals surface area contributed by atoms with E-state index in [1.165, 1.54) is 25.9 Å². The first-order valence-electron chi connectivity index (χ1n) is 6.41. The Labute approximate surface area is 112 Å². The summed E-state index contributed by atoms with van der Waals surface area (Å²) in [5.41, 5.74) is 0.838. The maximum Gasteiger partial charge on any atom is 0.157 e. The number of rotatable bonds is 2. The van der Waals surface area contributed by atoms with Crippen LogP contribution in [0.4, 0.5) is 0 Å². The molecule has 2 aromatic rings. The van der Waals surface area contributed by atoms with Crippen molar-refractivity contribution in [2.45, 2.75) is 19.3 Å². The van der Waals surface area contributed by atoms with Gasteiger partial charge in [-0.25, -0.2) is 9.50 Å². The van der Waals surface area contributed by atoms with Gasteiger partial charge in [-0.2, -0.15) is 0 Å². The van der Waals surface area contributed by atoms with E-state index in [1.807, 2.05) is 18.2 Å². The second-order valence-corrected chi connectivity index (χ2v) is 5.48. The molecule has 0 atom stereocenters. The molecule has 0 saturated carbocycles. The van der Waals surface area contributed by atoms with E-state index in [9.17, 15) is 0 Å². The molecule has 18 heavy (non-hydrogen) atoms. The van der Waals surface area contributed by atoms with Crippen LogP contribution in [0, 0.1) is 5.92 Å². The summed E-state index contributed by atoms with van der Waals surface area (Å²) in [5.74, 6) is 1.62. The molecule has 0 radical (unpaired) electrons. The number of halogens is 1. The van der Waals surface area contributed by atoms with Gasteiger partial charge in [0.05, 0.1) is 0 Å². The minimum absolute atomic E-state index is 0.620. The molecule has 1 aliphatic heterocycles. The van der Waals surface area contributed by atoms with Crippen LogP contribution in [0.2, 0.25) is 5.15 Å². The first-order chi connectivity index (χ1) is 8.72. The van der Waals surface area contributed by atoms with Crippen molar-refractivity contribution in [1.82, 2.24) is 19.5 Å². The Morgan fingerprint density at radius 2 is 2.11 bits per heavy atom. The summed E-state index contributed by atoms with van der Waals surface area (Å²) in [6.07, 6.45) is 3.44. The largest absolute Gasteiger partial charge is 0.306 e. The van der Waals surface area contributed by atoms with Crippen LogP contribution in [0.25, 0.3) is 5.65 Å². The van der Waals surface area contributed by atoms with Crippen molar-refractivity contribution in [2.75, 3.05) is 20.1 Å². The number of pyridine rings is 1. The summed E-state index contributed by atoms with van der Waals surface area (Å²) >= 11 is 6.09. The lowest BCUT2D eigenvalue weighted by atomic mass is 9.94. The number of nitrogens with zero attached hydrogens (tertiary/aromatic N) is 4. The fourth-order valence-corrected chi connectivity index (χ4v) is 2.73. The summed E-state index contributed by atoms with van der Waals surface area (Å²) in [6, 6.07) is 5.69. The third-order valence-corrected chi connectivity index (χ3v) is 3.95. The smallest absolute Gasteiger partial charge is 0.157 e. The standard InChI is InChI=1S/C13H17ClN4/c1-17-7-5-10(6-8-17)9-12-15-13-4-2-3-11(14)18(13)16-12/h2-4,10H,5-9H2,1H3. The SMILES string of the molecule is CN1CCC(Cc2nc3cccc(Cl)n3n2)CC1. The molecule has 0 spiro atoms. The van der Waals surface area contributed by atoms with Crippen molar-refractivity contribution in [3.8, 4) is 0 Å². The van der Waals surface area contributed by atoms with E-state index in [2.05, 4.69) is 22.0 Å². The Kier molecular flexibility index (Phi) is 3.22. The van der Waals surface area contributed by atoms with Crippen molar-refractivity contribution < 1.29 is 0 Å². The highest BCUT2D eigenvalue weighted by molar-refractivity contribution is 6.29. The Bertz CT molecular complexity index is 543. The fraction of sp³-hybridized carbons (Fsp3) is 0.538. The highest BCUT2D eigenvalue weighted by atomic mass is 35.5. The van der Waals surface area contributed by atoms with Gasteiger partial charge in [-0.15, -0.1) is 5.10 Å². The molecule has 0 aliphatic carbocycles. The first kappa shape index (κ1) is 11.9. The van der Waals surface area contributed by atoms with Gasteiger partial charge in [-0.1, -0.05) is 17.7 Å². The zero-order valence-corrected chi connectivity index (χ0v) is 11.3. The van der Waals surface area contributed by atoms with Crippen molar-refractivity contribution in [1.29, 1.82) is 0 Å². The summed E-state index contributed by atoms with van der Waals surface area (Å²) in [4.78, 5) is 6.92. The Morgan fingerprint density at radius 3 is 2.83 bits per heavy atom. The highest BCUT2D eigenvalue weighted by Gasteiger charge is 2.19. The second-order valence-electron chi connectivity index (χ2n) is 5.10. The van der Waals surface area contributed by atoms with Gasteiger partial charge in [0.1, 0.15) is 5.15 Å². The topological polar surface area (TPSA) is 33.4 Å². The maximum atomic E-state index is 6.09. The summed E-state index contributed by atoms with van der Waals surface area (Å²) in [7, 11) is 2.18. The quantitative estimate of drug-likeness (QED) is 0.781. The predicted molar refractivity (Wildman–Crippen MR) is 71.9 cm³/mol. The number of aromatic nitrogens is 3. The number of fused-ring (bicyclic) bond motifs is 1. The van der Waals surface area contributed by atoms with Crippen LogP contribution in [-0.4, -0.2) is 39.6 Å². The number of piperidine rings is 1. The van der Waals surface area contributed by atoms with E-state index in [1.54, 1.807) is 4.52 Å². The van der Waals surface area contributed by atoms with Gasteiger partial charge in [-0.05, 0) is 51.0 Å². The monoisotopic (exact) mass is 264 g/mol. The zero-order valence-electron chi connectivity index (χ0n) is 10.5. The normalized spacial score (nSPS) is 18.6. The Morgan fingerprint density at radius 1 is 1.33 bits per heavy atom. The molecule has 0 bridgehead atoms. The van der Waals surface area contributed by atoms with E-state index in [0.717, 1.165) is 17.9 Å². The summed E-state index contributed by atoms with van der Waals surface area (Å²) in [6.45, 7) is 2.36. The number of hydrogen-bond donors (Lipinski definition) is 0. The Balaban J connectivity index is 1.77. The summed E-state index contributed by atoms with van der Waals surface area (Å²) < 4.78 is 1.71. The van der Waals surface area contributed by atoms with Crippen LogP contribution in [0.1, 0.15) is 18.7 Å². The van der Waals surface area contributed by atoms with Gasteiger partial charge in [0.2, 0.25) is 0 Å². The average molecular weight is 265 g/mol. The minimum Gasteiger partial charge on any atom is -0.306 e. The van der Waals surface area contributed by atoms with Crippen LogP contribution < -0.4 is 0 Å². The van der Waals surface area contributed by atoms with Crippen LogP contribution in [0.15, 0.2) is 18.2 Å². The van der Waals surface area contributed by atoms with E-state index in [0.29, 0.717) is 11.1 Å². The van der Waals surface area contributed by atoms with Gasteiger partial charge >= 0.3 is 0 Å². The van der Waals surface area contributed by atoms with Gasteiger partial charge in [0, 0.05) is 6.42 Å².